The molecule has 0 bridgehead atoms. The van der Waals surface area contributed by atoms with Gasteiger partial charge >= 0.3 is 23.9 Å². The van der Waals surface area contributed by atoms with E-state index in [9.17, 15) is 19.2 Å². The van der Waals surface area contributed by atoms with Crippen molar-refractivity contribution in [2.75, 3.05) is 40.6 Å². The summed E-state index contributed by atoms with van der Waals surface area (Å²) < 4.78 is 43.3. The van der Waals surface area contributed by atoms with Crippen LogP contribution in [0.25, 0.3) is 0 Å². The Hall–Kier alpha value is -4.42. The van der Waals surface area contributed by atoms with Gasteiger partial charge in [-0.1, -0.05) is 0 Å². The summed E-state index contributed by atoms with van der Waals surface area (Å²) in [7, 11) is 2.94. The highest BCUT2D eigenvalue weighted by Crippen LogP contribution is 2.33. The molecule has 2 atom stereocenters. The molecule has 0 aromatic heterocycles. The third kappa shape index (κ3) is 8.05. The first-order chi connectivity index (χ1) is 19.8. The molecule has 1 aliphatic heterocycles. The number of benzene rings is 2. The molecule has 1 heterocycles. The van der Waals surface area contributed by atoms with Crippen LogP contribution in [0.15, 0.2) is 60.7 Å². The van der Waals surface area contributed by atoms with Gasteiger partial charge in [-0.15, -0.1) is 0 Å². The molecule has 1 saturated heterocycles. The summed E-state index contributed by atoms with van der Waals surface area (Å²) in [6, 6.07) is 11.9. The van der Waals surface area contributed by atoms with E-state index in [2.05, 4.69) is 0 Å². The van der Waals surface area contributed by atoms with Gasteiger partial charge in [0.2, 0.25) is 18.0 Å². The predicted molar refractivity (Wildman–Crippen MR) is 141 cm³/mol. The average Bonchev–Trinajstić information content (AvgIpc) is 3.48. The van der Waals surface area contributed by atoms with Gasteiger partial charge in [0.15, 0.2) is 0 Å². The lowest BCUT2D eigenvalue weighted by Crippen LogP contribution is -2.55. The Labute approximate surface area is 237 Å². The Balaban J connectivity index is 2.05. The molecule has 1 fully saturated rings. The second kappa shape index (κ2) is 14.8. The molecule has 2 aromatic carbocycles. The first kappa shape index (κ1) is 31.1. The van der Waals surface area contributed by atoms with Crippen LogP contribution in [0.4, 0.5) is 0 Å². The van der Waals surface area contributed by atoms with Gasteiger partial charge in [0, 0.05) is 6.08 Å². The van der Waals surface area contributed by atoms with Crippen molar-refractivity contribution in [3.8, 4) is 11.5 Å². The maximum Gasteiger partial charge on any atom is 0.351 e. The molecule has 3 rings (SSSR count). The number of rotatable bonds is 13. The largest absolute Gasteiger partial charge is 0.497 e. The van der Waals surface area contributed by atoms with E-state index in [1.165, 1.54) is 62.8 Å². The number of carbonyl (C=O) groups is 4. The molecular weight excluding hydrogens is 540 g/mol. The first-order valence-corrected chi connectivity index (χ1v) is 12.8. The van der Waals surface area contributed by atoms with E-state index in [4.69, 9.17) is 37.9 Å². The highest BCUT2D eigenvalue weighted by molar-refractivity contribution is 5.93. The first-order valence-electron chi connectivity index (χ1n) is 12.8. The minimum Gasteiger partial charge on any atom is -0.497 e. The standard InChI is InChI=1S/C29H32O12/c1-5-36-23(30)15-16-29(38-17-18-39-29)25(41-27(32)20-9-13-22(35-4)14-10-20)24(28(33)37-6-2)40-26(31)19-7-11-21(34-3)12-8-19/h7-16,24-25H,5-6,17-18H2,1-4H3/b16-15+/t24-,25-/m0/s1. The van der Waals surface area contributed by atoms with E-state index in [0.717, 1.165) is 12.2 Å². The third-order valence-corrected chi connectivity index (χ3v) is 5.79. The van der Waals surface area contributed by atoms with E-state index in [0.29, 0.717) is 11.5 Å². The molecule has 2 aromatic rings. The fraction of sp³-hybridized carbons (Fsp3) is 0.379. The quantitative estimate of drug-likeness (QED) is 0.198. The van der Waals surface area contributed by atoms with Crippen LogP contribution in [0.2, 0.25) is 0 Å². The van der Waals surface area contributed by atoms with Crippen LogP contribution < -0.4 is 9.47 Å². The Bertz CT molecular complexity index is 1210. The van der Waals surface area contributed by atoms with Crippen molar-refractivity contribution in [3.05, 3.63) is 71.8 Å². The van der Waals surface area contributed by atoms with Crippen LogP contribution in [-0.4, -0.2) is 82.5 Å². The smallest absolute Gasteiger partial charge is 0.351 e. The van der Waals surface area contributed by atoms with Crippen molar-refractivity contribution < 1.29 is 57.1 Å². The van der Waals surface area contributed by atoms with Crippen molar-refractivity contribution in [3.63, 3.8) is 0 Å². The normalized spacial score (nSPS) is 15.4. The lowest BCUT2D eigenvalue weighted by molar-refractivity contribution is -0.218. The molecule has 0 aliphatic carbocycles. The summed E-state index contributed by atoms with van der Waals surface area (Å²) in [5, 5.41) is 0. The number of esters is 4. The van der Waals surface area contributed by atoms with Crippen molar-refractivity contribution in [2.45, 2.75) is 31.8 Å². The fourth-order valence-corrected chi connectivity index (χ4v) is 3.81. The van der Waals surface area contributed by atoms with Gasteiger partial charge in [0.25, 0.3) is 0 Å². The van der Waals surface area contributed by atoms with E-state index in [1.807, 2.05) is 0 Å². The van der Waals surface area contributed by atoms with Crippen molar-refractivity contribution in [1.29, 1.82) is 0 Å². The highest BCUT2D eigenvalue weighted by Gasteiger charge is 2.54. The highest BCUT2D eigenvalue weighted by atomic mass is 16.8. The van der Waals surface area contributed by atoms with Crippen molar-refractivity contribution in [2.24, 2.45) is 0 Å². The molecule has 0 saturated carbocycles. The van der Waals surface area contributed by atoms with Gasteiger partial charge in [0.05, 0.1) is 51.8 Å². The maximum atomic E-state index is 13.3. The lowest BCUT2D eigenvalue weighted by atomic mass is 10.0. The molecule has 41 heavy (non-hydrogen) atoms. The van der Waals surface area contributed by atoms with Gasteiger partial charge in [-0.3, -0.25) is 0 Å². The van der Waals surface area contributed by atoms with Crippen molar-refractivity contribution in [1.82, 2.24) is 0 Å². The monoisotopic (exact) mass is 572 g/mol. The van der Waals surface area contributed by atoms with E-state index >= 15 is 0 Å². The number of hydrogen-bond acceptors (Lipinski definition) is 12. The summed E-state index contributed by atoms with van der Waals surface area (Å²) in [6.45, 7) is 3.20. The zero-order valence-electron chi connectivity index (χ0n) is 23.2. The Kier molecular flexibility index (Phi) is 11.2. The molecular formula is C29H32O12. The summed E-state index contributed by atoms with van der Waals surface area (Å²) in [4.78, 5) is 51.9. The van der Waals surface area contributed by atoms with Crippen LogP contribution >= 0.6 is 0 Å². The fourth-order valence-electron chi connectivity index (χ4n) is 3.81. The SMILES string of the molecule is CCOC(=O)/C=C/C1([C@@H](OC(=O)c2ccc(OC)cc2)[C@H](OC(=O)c2ccc(OC)cc2)C(=O)OCC)OCCO1. The molecule has 0 radical (unpaired) electrons. The van der Waals surface area contributed by atoms with Gasteiger partial charge in [-0.05, 0) is 68.5 Å². The van der Waals surface area contributed by atoms with Gasteiger partial charge in [0.1, 0.15) is 11.5 Å². The topological polar surface area (TPSA) is 142 Å². The average molecular weight is 573 g/mol. The number of methoxy groups -OCH3 is 2. The molecule has 0 spiro atoms. The summed E-state index contributed by atoms with van der Waals surface area (Å²) >= 11 is 0. The third-order valence-electron chi connectivity index (χ3n) is 5.79. The van der Waals surface area contributed by atoms with Crippen molar-refractivity contribution >= 4 is 23.9 Å². The van der Waals surface area contributed by atoms with Crippen LogP contribution in [-0.2, 0) is 38.0 Å². The second-order valence-corrected chi connectivity index (χ2v) is 8.36. The zero-order chi connectivity index (χ0) is 29.8. The molecule has 0 amide bonds. The van der Waals surface area contributed by atoms with Crippen LogP contribution in [0, 0.1) is 0 Å². The Morgan fingerprint density at radius 1 is 0.780 bits per heavy atom. The molecule has 0 N–H and O–H groups in total. The van der Waals surface area contributed by atoms with Crippen LogP contribution in [0.5, 0.6) is 11.5 Å². The molecule has 12 nitrogen and oxygen atoms in total. The van der Waals surface area contributed by atoms with Gasteiger partial charge < -0.3 is 37.9 Å². The zero-order valence-corrected chi connectivity index (χ0v) is 23.2. The van der Waals surface area contributed by atoms with Gasteiger partial charge in [-0.25, -0.2) is 19.2 Å². The minimum atomic E-state index is -2.02. The molecule has 12 heteroatoms. The summed E-state index contributed by atoms with van der Waals surface area (Å²) in [6.07, 6.45) is -1.48. The maximum absolute atomic E-state index is 13.3. The molecule has 220 valence electrons. The second-order valence-electron chi connectivity index (χ2n) is 8.36. The van der Waals surface area contributed by atoms with E-state index in [1.54, 1.807) is 13.8 Å². The van der Waals surface area contributed by atoms with Crippen LogP contribution in [0.3, 0.4) is 0 Å². The Morgan fingerprint density at radius 3 is 1.73 bits per heavy atom. The van der Waals surface area contributed by atoms with E-state index < -0.39 is 41.9 Å². The minimum absolute atomic E-state index is 0.00568. The summed E-state index contributed by atoms with van der Waals surface area (Å²) in [5.74, 6) is -4.65. The van der Waals surface area contributed by atoms with Gasteiger partial charge in [-0.2, -0.15) is 0 Å². The number of hydrogen-bond donors (Lipinski definition) is 0. The number of ether oxygens (including phenoxy) is 8. The van der Waals surface area contributed by atoms with Crippen LogP contribution in [0.1, 0.15) is 34.6 Å². The molecule has 0 unspecified atom stereocenters. The molecule has 1 aliphatic rings. The lowest BCUT2D eigenvalue weighted by Gasteiger charge is -2.35. The number of carbonyl (C=O) groups excluding carboxylic acids is 4. The predicted octanol–water partition coefficient (Wildman–Crippen LogP) is 2.88. The van der Waals surface area contributed by atoms with E-state index in [-0.39, 0.29) is 37.6 Å². The Morgan fingerprint density at radius 2 is 1.27 bits per heavy atom. The summed E-state index contributed by atoms with van der Waals surface area (Å²) in [5.41, 5.74) is 0.159.